The first-order valence-corrected chi connectivity index (χ1v) is 9.36. The van der Waals surface area contributed by atoms with Gasteiger partial charge in [-0.15, -0.1) is 0 Å². The molecule has 0 radical (unpaired) electrons. The lowest BCUT2D eigenvalue weighted by atomic mass is 10.1. The monoisotopic (exact) mass is 381 g/mol. The third-order valence-electron chi connectivity index (χ3n) is 4.45. The van der Waals surface area contributed by atoms with E-state index in [-0.39, 0.29) is 5.91 Å². The highest BCUT2D eigenvalue weighted by atomic mass is 32.1. The van der Waals surface area contributed by atoms with E-state index in [0.29, 0.717) is 10.7 Å². The summed E-state index contributed by atoms with van der Waals surface area (Å²) in [4.78, 5) is 17.0. The number of fused-ring (bicyclic) bond motifs is 1. The summed E-state index contributed by atoms with van der Waals surface area (Å²) in [6.45, 7) is 6.96. The Labute approximate surface area is 164 Å². The lowest BCUT2D eigenvalue weighted by Crippen LogP contribution is -2.43. The number of nitrogens with one attached hydrogen (secondary N) is 3. The number of carbonyl (C=O) groups excluding carboxylic acids is 1. The number of carbonyl (C=O) groups is 1. The minimum absolute atomic E-state index is 0.270. The van der Waals surface area contributed by atoms with E-state index in [4.69, 9.17) is 12.2 Å². The van der Waals surface area contributed by atoms with Crippen LogP contribution in [0.3, 0.4) is 0 Å². The SMILES string of the molecule is CCc1ccccc1NC(=S)NNC(=O)c1ccc2c(c1)nc(C)n2CC. The van der Waals surface area contributed by atoms with Gasteiger partial charge in [0.15, 0.2) is 5.11 Å². The van der Waals surface area contributed by atoms with E-state index >= 15 is 0 Å². The fourth-order valence-corrected chi connectivity index (χ4v) is 3.24. The van der Waals surface area contributed by atoms with Crippen molar-refractivity contribution in [1.82, 2.24) is 20.4 Å². The summed E-state index contributed by atoms with van der Waals surface area (Å²) in [5.41, 5.74) is 9.81. The summed E-state index contributed by atoms with van der Waals surface area (Å²) in [5, 5.41) is 3.44. The molecule has 0 saturated heterocycles. The van der Waals surface area contributed by atoms with Gasteiger partial charge in [-0.3, -0.25) is 15.6 Å². The van der Waals surface area contributed by atoms with Crippen LogP contribution in [-0.2, 0) is 13.0 Å². The molecule has 2 aromatic carbocycles. The fraction of sp³-hybridized carbons (Fsp3) is 0.250. The molecule has 3 aromatic rings. The topological polar surface area (TPSA) is 71.0 Å². The number of hydrogen-bond donors (Lipinski definition) is 3. The van der Waals surface area contributed by atoms with Crippen molar-refractivity contribution < 1.29 is 4.79 Å². The molecule has 0 aliphatic rings. The van der Waals surface area contributed by atoms with Crippen LogP contribution in [0.2, 0.25) is 0 Å². The molecular formula is C20H23N5OS. The van der Waals surface area contributed by atoms with Gasteiger partial charge in [-0.25, -0.2) is 4.98 Å². The maximum absolute atomic E-state index is 12.4. The molecule has 1 heterocycles. The molecular weight excluding hydrogens is 358 g/mol. The zero-order valence-corrected chi connectivity index (χ0v) is 16.5. The molecule has 3 rings (SSSR count). The second-order valence-corrected chi connectivity index (χ2v) is 6.56. The Hall–Kier alpha value is -2.93. The predicted octanol–water partition coefficient (Wildman–Crippen LogP) is 3.56. The Bertz CT molecular complexity index is 995. The Morgan fingerprint density at radius 2 is 1.93 bits per heavy atom. The van der Waals surface area contributed by atoms with Gasteiger partial charge in [0.25, 0.3) is 5.91 Å². The average Bonchev–Trinajstić information content (AvgIpc) is 3.00. The Morgan fingerprint density at radius 1 is 1.15 bits per heavy atom. The molecule has 0 atom stereocenters. The number of thiocarbonyl (C=S) groups is 1. The lowest BCUT2D eigenvalue weighted by Gasteiger charge is -2.14. The smallest absolute Gasteiger partial charge is 0.269 e. The van der Waals surface area contributed by atoms with E-state index in [9.17, 15) is 4.79 Å². The second kappa shape index (κ2) is 8.18. The van der Waals surface area contributed by atoms with Crippen LogP contribution in [0.15, 0.2) is 42.5 Å². The first-order valence-electron chi connectivity index (χ1n) is 8.95. The molecule has 0 aliphatic carbocycles. The van der Waals surface area contributed by atoms with Gasteiger partial charge in [0, 0.05) is 17.8 Å². The quantitative estimate of drug-likeness (QED) is 0.476. The van der Waals surface area contributed by atoms with Crippen LogP contribution in [-0.4, -0.2) is 20.6 Å². The van der Waals surface area contributed by atoms with E-state index in [1.165, 1.54) is 0 Å². The van der Waals surface area contributed by atoms with E-state index in [0.717, 1.165) is 41.1 Å². The summed E-state index contributed by atoms with van der Waals surface area (Å²) in [6.07, 6.45) is 0.891. The average molecular weight is 382 g/mol. The lowest BCUT2D eigenvalue weighted by molar-refractivity contribution is 0.0944. The Kier molecular flexibility index (Phi) is 5.71. The molecule has 0 spiro atoms. The summed E-state index contributed by atoms with van der Waals surface area (Å²) in [6, 6.07) is 13.4. The van der Waals surface area contributed by atoms with Gasteiger partial charge in [-0.05, 0) is 62.3 Å². The van der Waals surface area contributed by atoms with Crippen LogP contribution in [0.1, 0.15) is 35.6 Å². The van der Waals surface area contributed by atoms with Gasteiger partial charge in [-0.1, -0.05) is 25.1 Å². The van der Waals surface area contributed by atoms with E-state index < -0.39 is 0 Å². The maximum atomic E-state index is 12.4. The largest absolute Gasteiger partial charge is 0.331 e. The molecule has 0 fully saturated rings. The zero-order valence-electron chi connectivity index (χ0n) is 15.7. The molecule has 6 nitrogen and oxygen atoms in total. The maximum Gasteiger partial charge on any atom is 0.269 e. The molecule has 1 aromatic heterocycles. The van der Waals surface area contributed by atoms with Crippen molar-refractivity contribution in [2.24, 2.45) is 0 Å². The number of aryl methyl sites for hydroxylation is 3. The van der Waals surface area contributed by atoms with Gasteiger partial charge < -0.3 is 9.88 Å². The van der Waals surface area contributed by atoms with E-state index in [1.807, 2.05) is 37.3 Å². The minimum atomic E-state index is -0.270. The molecule has 27 heavy (non-hydrogen) atoms. The third kappa shape index (κ3) is 4.09. The summed E-state index contributed by atoms with van der Waals surface area (Å²) in [7, 11) is 0. The van der Waals surface area contributed by atoms with E-state index in [1.54, 1.807) is 12.1 Å². The van der Waals surface area contributed by atoms with Crippen molar-refractivity contribution in [1.29, 1.82) is 0 Å². The van der Waals surface area contributed by atoms with Crippen LogP contribution in [0.4, 0.5) is 5.69 Å². The molecule has 0 unspecified atom stereocenters. The van der Waals surface area contributed by atoms with Gasteiger partial charge in [0.2, 0.25) is 0 Å². The summed E-state index contributed by atoms with van der Waals surface area (Å²) in [5.74, 6) is 0.664. The normalized spacial score (nSPS) is 10.6. The van der Waals surface area contributed by atoms with Crippen LogP contribution >= 0.6 is 12.2 Å². The summed E-state index contributed by atoms with van der Waals surface area (Å²) < 4.78 is 2.11. The first kappa shape index (κ1) is 18.8. The molecule has 0 aliphatic heterocycles. The van der Waals surface area contributed by atoms with Crippen LogP contribution in [0.25, 0.3) is 11.0 Å². The number of nitrogens with zero attached hydrogens (tertiary/aromatic N) is 2. The third-order valence-corrected chi connectivity index (χ3v) is 4.66. The van der Waals surface area contributed by atoms with Crippen molar-refractivity contribution in [3.05, 3.63) is 59.4 Å². The highest BCUT2D eigenvalue weighted by Gasteiger charge is 2.11. The number of anilines is 1. The number of hydrogen-bond acceptors (Lipinski definition) is 3. The number of para-hydroxylation sites is 1. The van der Waals surface area contributed by atoms with Crippen molar-refractivity contribution in [2.75, 3.05) is 5.32 Å². The number of hydrazine groups is 1. The number of rotatable bonds is 4. The minimum Gasteiger partial charge on any atom is -0.331 e. The molecule has 140 valence electrons. The zero-order chi connectivity index (χ0) is 19.4. The molecule has 1 amide bonds. The fourth-order valence-electron chi connectivity index (χ4n) is 3.08. The number of aromatic nitrogens is 2. The highest BCUT2D eigenvalue weighted by Crippen LogP contribution is 2.18. The van der Waals surface area contributed by atoms with Gasteiger partial charge in [0.1, 0.15) is 5.82 Å². The van der Waals surface area contributed by atoms with E-state index in [2.05, 4.69) is 39.6 Å². The van der Waals surface area contributed by atoms with Crippen LogP contribution in [0.5, 0.6) is 0 Å². The van der Waals surface area contributed by atoms with Crippen LogP contribution < -0.4 is 16.2 Å². The number of imidazole rings is 1. The van der Waals surface area contributed by atoms with Gasteiger partial charge >= 0.3 is 0 Å². The highest BCUT2D eigenvalue weighted by molar-refractivity contribution is 7.80. The number of amides is 1. The molecule has 0 bridgehead atoms. The Balaban J connectivity index is 1.65. The van der Waals surface area contributed by atoms with Crippen molar-refractivity contribution in [3.8, 4) is 0 Å². The standard InChI is InChI=1S/C20H23N5OS/c1-4-14-8-6-7-9-16(14)22-20(27)24-23-19(26)15-10-11-18-17(12-15)21-13(3)25(18)5-2/h6-12H,4-5H2,1-3H3,(H,23,26)(H2,22,24,27). The first-order chi connectivity index (χ1) is 13.0. The molecule has 0 saturated carbocycles. The van der Waals surface area contributed by atoms with Crippen molar-refractivity contribution >= 4 is 40.0 Å². The number of benzene rings is 2. The van der Waals surface area contributed by atoms with Crippen molar-refractivity contribution in [2.45, 2.75) is 33.7 Å². The molecule has 3 N–H and O–H groups in total. The van der Waals surface area contributed by atoms with Gasteiger partial charge in [0.05, 0.1) is 11.0 Å². The second-order valence-electron chi connectivity index (χ2n) is 6.15. The summed E-state index contributed by atoms with van der Waals surface area (Å²) >= 11 is 5.27. The Morgan fingerprint density at radius 3 is 2.67 bits per heavy atom. The molecule has 7 heteroatoms. The predicted molar refractivity (Wildman–Crippen MR) is 113 cm³/mol. The van der Waals surface area contributed by atoms with Crippen LogP contribution in [0, 0.1) is 6.92 Å². The van der Waals surface area contributed by atoms with Crippen molar-refractivity contribution in [3.63, 3.8) is 0 Å². The van der Waals surface area contributed by atoms with Gasteiger partial charge in [-0.2, -0.15) is 0 Å².